The van der Waals surface area contributed by atoms with Gasteiger partial charge in [0.05, 0.1) is 6.54 Å². The fraction of sp³-hybridized carbons (Fsp3) is 0.556. The van der Waals surface area contributed by atoms with Crippen molar-refractivity contribution < 1.29 is 9.59 Å². The zero-order valence-corrected chi connectivity index (χ0v) is 13.0. The zero-order valence-electron chi connectivity index (χ0n) is 13.0. The minimum Gasteiger partial charge on any atom is -0.335 e. The molecule has 118 valence electrons. The molecule has 0 N–H and O–H groups in total. The average Bonchev–Trinajstić information content (AvgIpc) is 2.58. The summed E-state index contributed by atoms with van der Waals surface area (Å²) in [5.41, 5.74) is 1.14. The van der Waals surface area contributed by atoms with E-state index in [1.165, 1.54) is 6.42 Å². The van der Waals surface area contributed by atoms with Crippen LogP contribution in [0.2, 0.25) is 0 Å². The summed E-state index contributed by atoms with van der Waals surface area (Å²) in [7, 11) is 0. The molecular weight excluding hydrogens is 276 g/mol. The second-order valence-electron chi connectivity index (χ2n) is 6.40. The molecule has 1 aliphatic heterocycles. The molecule has 1 aliphatic carbocycles. The van der Waals surface area contributed by atoms with Gasteiger partial charge in [-0.1, -0.05) is 49.6 Å². The molecule has 22 heavy (non-hydrogen) atoms. The second kappa shape index (κ2) is 6.95. The lowest BCUT2D eigenvalue weighted by molar-refractivity contribution is -0.148. The monoisotopic (exact) mass is 300 g/mol. The fourth-order valence-electron chi connectivity index (χ4n) is 3.48. The van der Waals surface area contributed by atoms with E-state index in [-0.39, 0.29) is 24.3 Å². The van der Waals surface area contributed by atoms with Gasteiger partial charge in [0, 0.05) is 25.6 Å². The van der Waals surface area contributed by atoms with Crippen molar-refractivity contribution in [3.63, 3.8) is 0 Å². The molecule has 0 aromatic heterocycles. The van der Waals surface area contributed by atoms with E-state index in [2.05, 4.69) is 0 Å². The van der Waals surface area contributed by atoms with Crippen LogP contribution in [0.1, 0.15) is 37.7 Å². The highest BCUT2D eigenvalue weighted by molar-refractivity contribution is 5.87. The number of rotatable bonds is 3. The highest BCUT2D eigenvalue weighted by Crippen LogP contribution is 2.26. The van der Waals surface area contributed by atoms with Gasteiger partial charge in [-0.3, -0.25) is 9.59 Å². The van der Waals surface area contributed by atoms with Crippen LogP contribution in [0, 0.1) is 5.92 Å². The summed E-state index contributed by atoms with van der Waals surface area (Å²) in [5.74, 6) is 0.425. The first kappa shape index (κ1) is 15.1. The Bertz CT molecular complexity index is 523. The molecule has 3 rings (SSSR count). The molecule has 1 aromatic carbocycles. The van der Waals surface area contributed by atoms with Crippen LogP contribution in [0.25, 0.3) is 0 Å². The number of hydrogen-bond donors (Lipinski definition) is 0. The van der Waals surface area contributed by atoms with Crippen molar-refractivity contribution in [3.05, 3.63) is 35.9 Å². The predicted octanol–water partition coefficient (Wildman–Crippen LogP) is 2.44. The quantitative estimate of drug-likeness (QED) is 0.860. The average molecular weight is 300 g/mol. The minimum absolute atomic E-state index is 0.0688. The van der Waals surface area contributed by atoms with Crippen molar-refractivity contribution in [1.29, 1.82) is 0 Å². The molecule has 0 spiro atoms. The summed E-state index contributed by atoms with van der Waals surface area (Å²) in [5, 5.41) is 0. The van der Waals surface area contributed by atoms with Crippen LogP contribution in [0.4, 0.5) is 0 Å². The van der Waals surface area contributed by atoms with E-state index in [4.69, 9.17) is 0 Å². The molecule has 0 bridgehead atoms. The molecule has 4 nitrogen and oxygen atoms in total. The molecule has 1 saturated heterocycles. The summed E-state index contributed by atoms with van der Waals surface area (Å²) < 4.78 is 0. The van der Waals surface area contributed by atoms with Gasteiger partial charge in [0.1, 0.15) is 0 Å². The van der Waals surface area contributed by atoms with Crippen molar-refractivity contribution in [2.24, 2.45) is 5.92 Å². The Hall–Kier alpha value is -1.84. The third kappa shape index (κ3) is 3.49. The lowest BCUT2D eigenvalue weighted by Crippen LogP contribution is -2.53. The van der Waals surface area contributed by atoms with Crippen LogP contribution in [-0.4, -0.2) is 41.2 Å². The molecule has 4 heteroatoms. The van der Waals surface area contributed by atoms with Crippen molar-refractivity contribution in [2.75, 3.05) is 19.6 Å². The standard InChI is InChI=1S/C18H24N2O2/c21-17-14-20(18(22)16-9-5-2-6-10-16)12-11-19(17)13-15-7-3-1-4-8-15/h1,3-4,7-8,16H,2,5-6,9-14H2. The van der Waals surface area contributed by atoms with Crippen LogP contribution in [0.3, 0.4) is 0 Å². The van der Waals surface area contributed by atoms with Gasteiger partial charge in [-0.05, 0) is 18.4 Å². The van der Waals surface area contributed by atoms with Crippen molar-refractivity contribution in [2.45, 2.75) is 38.6 Å². The van der Waals surface area contributed by atoms with Crippen LogP contribution in [0.5, 0.6) is 0 Å². The Labute approximate surface area is 132 Å². The van der Waals surface area contributed by atoms with Gasteiger partial charge in [-0.2, -0.15) is 0 Å². The van der Waals surface area contributed by atoms with Gasteiger partial charge in [-0.25, -0.2) is 0 Å². The van der Waals surface area contributed by atoms with Crippen LogP contribution in [0.15, 0.2) is 30.3 Å². The van der Waals surface area contributed by atoms with Crippen molar-refractivity contribution in [1.82, 2.24) is 9.80 Å². The molecule has 2 amide bonds. The fourth-order valence-corrected chi connectivity index (χ4v) is 3.48. The highest BCUT2D eigenvalue weighted by atomic mass is 16.2. The van der Waals surface area contributed by atoms with E-state index >= 15 is 0 Å². The van der Waals surface area contributed by atoms with Gasteiger partial charge in [0.25, 0.3) is 0 Å². The molecule has 0 radical (unpaired) electrons. The Morgan fingerprint density at radius 2 is 1.77 bits per heavy atom. The Balaban J connectivity index is 1.55. The van der Waals surface area contributed by atoms with Crippen LogP contribution in [-0.2, 0) is 16.1 Å². The molecule has 2 fully saturated rings. The number of nitrogens with zero attached hydrogens (tertiary/aromatic N) is 2. The number of carbonyl (C=O) groups is 2. The Kier molecular flexibility index (Phi) is 4.76. The number of carbonyl (C=O) groups excluding carboxylic acids is 2. The SMILES string of the molecule is O=C1CN(C(=O)C2CCCCC2)CCN1Cc1ccccc1. The summed E-state index contributed by atoms with van der Waals surface area (Å²) in [4.78, 5) is 28.5. The second-order valence-corrected chi connectivity index (χ2v) is 6.40. The summed E-state index contributed by atoms with van der Waals surface area (Å²) in [6.07, 6.45) is 5.54. The predicted molar refractivity (Wildman–Crippen MR) is 85.0 cm³/mol. The van der Waals surface area contributed by atoms with E-state index in [9.17, 15) is 9.59 Å². The molecule has 2 aliphatic rings. The topological polar surface area (TPSA) is 40.6 Å². The van der Waals surface area contributed by atoms with E-state index in [1.54, 1.807) is 4.90 Å². The van der Waals surface area contributed by atoms with E-state index in [1.807, 2.05) is 35.2 Å². The van der Waals surface area contributed by atoms with Gasteiger partial charge in [0.2, 0.25) is 11.8 Å². The number of benzene rings is 1. The molecule has 0 atom stereocenters. The maximum absolute atomic E-state index is 12.5. The largest absolute Gasteiger partial charge is 0.335 e. The molecular formula is C18H24N2O2. The summed E-state index contributed by atoms with van der Waals surface area (Å²) in [6, 6.07) is 10.0. The first-order valence-electron chi connectivity index (χ1n) is 8.34. The smallest absolute Gasteiger partial charge is 0.242 e. The van der Waals surface area contributed by atoms with Crippen LogP contribution < -0.4 is 0 Å². The summed E-state index contributed by atoms with van der Waals surface area (Å²) >= 11 is 0. The van der Waals surface area contributed by atoms with Crippen LogP contribution >= 0.6 is 0 Å². The molecule has 1 heterocycles. The van der Waals surface area contributed by atoms with E-state index in [0.717, 1.165) is 31.2 Å². The zero-order chi connectivity index (χ0) is 15.4. The van der Waals surface area contributed by atoms with E-state index < -0.39 is 0 Å². The summed E-state index contributed by atoms with van der Waals surface area (Å²) in [6.45, 7) is 2.22. The highest BCUT2D eigenvalue weighted by Gasteiger charge is 2.31. The lowest BCUT2D eigenvalue weighted by atomic mass is 9.88. The number of hydrogen-bond acceptors (Lipinski definition) is 2. The van der Waals surface area contributed by atoms with Gasteiger partial charge < -0.3 is 9.80 Å². The van der Waals surface area contributed by atoms with Gasteiger partial charge in [-0.15, -0.1) is 0 Å². The lowest BCUT2D eigenvalue weighted by Gasteiger charge is -2.36. The number of amides is 2. The number of piperazine rings is 1. The van der Waals surface area contributed by atoms with Gasteiger partial charge >= 0.3 is 0 Å². The van der Waals surface area contributed by atoms with Gasteiger partial charge in [0.15, 0.2) is 0 Å². The van der Waals surface area contributed by atoms with Crippen molar-refractivity contribution in [3.8, 4) is 0 Å². The maximum atomic E-state index is 12.5. The molecule has 1 saturated carbocycles. The van der Waals surface area contributed by atoms with Crippen molar-refractivity contribution >= 4 is 11.8 Å². The first-order valence-corrected chi connectivity index (χ1v) is 8.34. The maximum Gasteiger partial charge on any atom is 0.242 e. The minimum atomic E-state index is 0.0688. The third-order valence-electron chi connectivity index (χ3n) is 4.80. The van der Waals surface area contributed by atoms with E-state index in [0.29, 0.717) is 19.6 Å². The Morgan fingerprint density at radius 1 is 1.05 bits per heavy atom. The molecule has 1 aromatic rings. The normalized spacial score (nSPS) is 20.3. The Morgan fingerprint density at radius 3 is 2.45 bits per heavy atom. The first-order chi connectivity index (χ1) is 10.7. The third-order valence-corrected chi connectivity index (χ3v) is 4.80. The molecule has 0 unspecified atom stereocenters.